The molecule has 2 aromatic heterocycles. The minimum atomic E-state index is -4.79. The molecule has 0 radical (unpaired) electrons. The molecule has 0 saturated heterocycles. The fourth-order valence-corrected chi connectivity index (χ4v) is 2.96. The second-order valence-corrected chi connectivity index (χ2v) is 6.32. The van der Waals surface area contributed by atoms with E-state index >= 15 is 0 Å². The number of nitrogens with one attached hydrogen (secondary N) is 1. The summed E-state index contributed by atoms with van der Waals surface area (Å²) in [6.45, 7) is 0. The highest BCUT2D eigenvalue weighted by atomic mass is 19.4. The van der Waals surface area contributed by atoms with E-state index in [4.69, 9.17) is 0 Å². The Morgan fingerprint density at radius 2 is 1.77 bits per heavy atom. The van der Waals surface area contributed by atoms with Crippen LogP contribution in [0.2, 0.25) is 0 Å². The summed E-state index contributed by atoms with van der Waals surface area (Å²) in [5.74, 6) is -0.339. The van der Waals surface area contributed by atoms with Crippen molar-refractivity contribution in [1.82, 2.24) is 9.97 Å². The van der Waals surface area contributed by atoms with Gasteiger partial charge in [-0.1, -0.05) is 36.4 Å². The third-order valence-corrected chi connectivity index (χ3v) is 4.23. The highest BCUT2D eigenvalue weighted by molar-refractivity contribution is 6.11. The summed E-state index contributed by atoms with van der Waals surface area (Å²) in [6, 6.07) is 19.3. The molecule has 0 atom stereocenters. The van der Waals surface area contributed by atoms with E-state index in [1.807, 2.05) is 0 Å². The topological polar surface area (TPSA) is 64.1 Å². The van der Waals surface area contributed by atoms with Gasteiger partial charge in [0.2, 0.25) is 0 Å². The van der Waals surface area contributed by atoms with Crippen LogP contribution < -0.4 is 10.1 Å². The number of para-hydroxylation sites is 1. The fraction of sp³-hybridized carbons (Fsp3) is 0.0455. The number of fused-ring (bicyclic) bond motifs is 1. The molecule has 150 valence electrons. The maximum absolute atomic E-state index is 12.8. The first-order valence-corrected chi connectivity index (χ1v) is 8.87. The maximum atomic E-state index is 12.8. The SMILES string of the molecule is O=C(Nc1ccccn1)c1cccc2ccc(-c3cccc(OC(F)(F)F)c3)nc12. The van der Waals surface area contributed by atoms with Crippen molar-refractivity contribution in [3.63, 3.8) is 0 Å². The summed E-state index contributed by atoms with van der Waals surface area (Å²) in [6.07, 6.45) is -3.22. The molecule has 0 aliphatic heterocycles. The normalized spacial score (nSPS) is 11.3. The number of carbonyl (C=O) groups excluding carboxylic acids is 1. The molecule has 0 saturated carbocycles. The monoisotopic (exact) mass is 409 g/mol. The second-order valence-electron chi connectivity index (χ2n) is 6.32. The van der Waals surface area contributed by atoms with E-state index in [1.165, 1.54) is 18.2 Å². The van der Waals surface area contributed by atoms with Gasteiger partial charge in [0, 0.05) is 17.1 Å². The number of carbonyl (C=O) groups is 1. The number of alkyl halides is 3. The number of ether oxygens (including phenoxy) is 1. The second kappa shape index (κ2) is 7.82. The van der Waals surface area contributed by atoms with E-state index in [9.17, 15) is 18.0 Å². The first-order valence-electron chi connectivity index (χ1n) is 8.87. The molecule has 5 nitrogen and oxygen atoms in total. The molecule has 30 heavy (non-hydrogen) atoms. The average Bonchev–Trinajstić information content (AvgIpc) is 2.72. The van der Waals surface area contributed by atoms with Crippen LogP contribution in [0.4, 0.5) is 19.0 Å². The van der Waals surface area contributed by atoms with Gasteiger partial charge in [0.05, 0.1) is 16.8 Å². The first-order chi connectivity index (χ1) is 14.4. The Balaban J connectivity index is 1.71. The minimum Gasteiger partial charge on any atom is -0.406 e. The van der Waals surface area contributed by atoms with Crippen molar-refractivity contribution in [3.8, 4) is 17.0 Å². The number of nitrogens with zero attached hydrogens (tertiary/aromatic N) is 2. The number of rotatable bonds is 4. The number of halogens is 3. The van der Waals surface area contributed by atoms with Crippen molar-refractivity contribution < 1.29 is 22.7 Å². The predicted molar refractivity (Wildman–Crippen MR) is 106 cm³/mol. The lowest BCUT2D eigenvalue weighted by molar-refractivity contribution is -0.274. The van der Waals surface area contributed by atoms with Gasteiger partial charge in [-0.15, -0.1) is 13.2 Å². The summed E-state index contributed by atoms with van der Waals surface area (Å²) in [7, 11) is 0. The highest BCUT2D eigenvalue weighted by Gasteiger charge is 2.31. The summed E-state index contributed by atoms with van der Waals surface area (Å²) < 4.78 is 41.5. The summed E-state index contributed by atoms with van der Waals surface area (Å²) in [5.41, 5.74) is 1.58. The molecule has 0 aliphatic rings. The molecular formula is C22H14F3N3O2. The molecule has 2 aromatic carbocycles. The van der Waals surface area contributed by atoms with Crippen LogP contribution in [0.1, 0.15) is 10.4 Å². The standard InChI is InChI=1S/C22H14F3N3O2/c23-22(24,25)30-16-7-3-6-15(13-16)18-11-10-14-5-4-8-17(20(14)27-18)21(29)28-19-9-1-2-12-26-19/h1-13H,(H,26,28,29). The van der Waals surface area contributed by atoms with E-state index in [-0.39, 0.29) is 5.75 Å². The van der Waals surface area contributed by atoms with Crippen molar-refractivity contribution in [2.75, 3.05) is 5.32 Å². The minimum absolute atomic E-state index is 0.322. The smallest absolute Gasteiger partial charge is 0.406 e. The summed E-state index contributed by atoms with van der Waals surface area (Å²) in [5, 5.41) is 3.43. The van der Waals surface area contributed by atoms with Crippen LogP contribution >= 0.6 is 0 Å². The van der Waals surface area contributed by atoms with Crippen molar-refractivity contribution in [1.29, 1.82) is 0 Å². The molecule has 0 unspecified atom stereocenters. The number of hydrogen-bond acceptors (Lipinski definition) is 4. The van der Waals surface area contributed by atoms with Gasteiger partial charge in [-0.2, -0.15) is 0 Å². The first kappa shape index (κ1) is 19.4. The fourth-order valence-electron chi connectivity index (χ4n) is 2.96. The lowest BCUT2D eigenvalue weighted by atomic mass is 10.1. The van der Waals surface area contributed by atoms with Crippen LogP contribution in [-0.2, 0) is 0 Å². The Morgan fingerprint density at radius 1 is 0.933 bits per heavy atom. The molecule has 4 rings (SSSR count). The Kier molecular flexibility index (Phi) is 5.05. The van der Waals surface area contributed by atoms with Crippen LogP contribution in [0.5, 0.6) is 5.75 Å². The van der Waals surface area contributed by atoms with Crippen LogP contribution in [-0.4, -0.2) is 22.2 Å². The quantitative estimate of drug-likeness (QED) is 0.487. The van der Waals surface area contributed by atoms with E-state index in [2.05, 4.69) is 20.0 Å². The molecule has 8 heteroatoms. The van der Waals surface area contributed by atoms with Crippen molar-refractivity contribution in [2.45, 2.75) is 6.36 Å². The van der Waals surface area contributed by atoms with Crippen molar-refractivity contribution in [3.05, 3.63) is 84.6 Å². The number of benzene rings is 2. The zero-order chi connectivity index (χ0) is 21.1. The maximum Gasteiger partial charge on any atom is 0.573 e. The molecule has 0 bridgehead atoms. The van der Waals surface area contributed by atoms with Crippen LogP contribution in [0.3, 0.4) is 0 Å². The summed E-state index contributed by atoms with van der Waals surface area (Å²) >= 11 is 0. The number of hydrogen-bond donors (Lipinski definition) is 1. The number of amides is 1. The lowest BCUT2D eigenvalue weighted by Gasteiger charge is -2.11. The molecular weight excluding hydrogens is 395 g/mol. The van der Waals surface area contributed by atoms with Gasteiger partial charge in [0.25, 0.3) is 5.91 Å². The van der Waals surface area contributed by atoms with Gasteiger partial charge >= 0.3 is 6.36 Å². The zero-order valence-corrected chi connectivity index (χ0v) is 15.4. The molecule has 0 fully saturated rings. The molecule has 0 aliphatic carbocycles. The zero-order valence-electron chi connectivity index (χ0n) is 15.4. The van der Waals surface area contributed by atoms with Gasteiger partial charge < -0.3 is 10.1 Å². The third kappa shape index (κ3) is 4.38. The largest absolute Gasteiger partial charge is 0.573 e. The van der Waals surface area contributed by atoms with Gasteiger partial charge in [-0.3, -0.25) is 4.79 Å². The van der Waals surface area contributed by atoms with Crippen molar-refractivity contribution >= 4 is 22.6 Å². The Morgan fingerprint density at radius 3 is 2.53 bits per heavy atom. The Labute approximate surface area is 169 Å². The Hall–Kier alpha value is -3.94. The van der Waals surface area contributed by atoms with E-state index in [0.29, 0.717) is 28.2 Å². The average molecular weight is 409 g/mol. The molecule has 4 aromatic rings. The van der Waals surface area contributed by atoms with Gasteiger partial charge in [0.15, 0.2) is 0 Å². The lowest BCUT2D eigenvalue weighted by Crippen LogP contribution is -2.17. The predicted octanol–water partition coefficient (Wildman–Crippen LogP) is 5.45. The number of aromatic nitrogens is 2. The van der Waals surface area contributed by atoms with E-state index < -0.39 is 12.3 Å². The van der Waals surface area contributed by atoms with E-state index in [0.717, 1.165) is 5.39 Å². The van der Waals surface area contributed by atoms with Gasteiger partial charge in [-0.05, 0) is 36.4 Å². The van der Waals surface area contributed by atoms with Gasteiger partial charge in [-0.25, -0.2) is 9.97 Å². The van der Waals surface area contributed by atoms with Crippen LogP contribution in [0, 0.1) is 0 Å². The van der Waals surface area contributed by atoms with Crippen LogP contribution in [0.15, 0.2) is 79.0 Å². The van der Waals surface area contributed by atoms with Crippen molar-refractivity contribution in [2.24, 2.45) is 0 Å². The number of anilines is 1. The van der Waals surface area contributed by atoms with E-state index in [1.54, 1.807) is 60.8 Å². The number of pyridine rings is 2. The van der Waals surface area contributed by atoms with Crippen LogP contribution in [0.25, 0.3) is 22.2 Å². The highest BCUT2D eigenvalue weighted by Crippen LogP contribution is 2.29. The molecule has 1 N–H and O–H groups in total. The molecule has 0 spiro atoms. The summed E-state index contributed by atoms with van der Waals surface area (Å²) in [4.78, 5) is 21.3. The van der Waals surface area contributed by atoms with Gasteiger partial charge in [0.1, 0.15) is 11.6 Å². The Bertz CT molecular complexity index is 1210. The molecule has 1 amide bonds. The third-order valence-electron chi connectivity index (χ3n) is 4.23. The molecule has 2 heterocycles.